The number of carboxylic acids is 1. The normalized spacial score (nSPS) is 11.6. The molecule has 7 heteroatoms. The smallest absolute Gasteiger partial charge is 0.352 e. The van der Waals surface area contributed by atoms with E-state index >= 15 is 0 Å². The quantitative estimate of drug-likeness (QED) is 0.289. The molecule has 0 bridgehead atoms. The maximum Gasteiger partial charge on any atom is 0.352 e. The number of carboxylic acid groups (broad SMARTS) is 1. The molecule has 0 aliphatic heterocycles. The van der Waals surface area contributed by atoms with E-state index in [0.29, 0.717) is 42.3 Å². The number of aromatic nitrogens is 1. The highest BCUT2D eigenvalue weighted by atomic mass is 35.5. The molecule has 156 valence electrons. The molecule has 30 heavy (non-hydrogen) atoms. The first kappa shape index (κ1) is 21.6. The van der Waals surface area contributed by atoms with E-state index in [1.165, 1.54) is 0 Å². The largest absolute Gasteiger partial charge is 0.477 e. The van der Waals surface area contributed by atoms with Crippen LogP contribution < -0.4 is 5.32 Å². The number of carbonyl (C=O) groups is 2. The van der Waals surface area contributed by atoms with Crippen molar-refractivity contribution in [2.24, 2.45) is 0 Å². The second kappa shape index (κ2) is 10.1. The van der Waals surface area contributed by atoms with Gasteiger partial charge < -0.3 is 19.7 Å². The third-order valence-electron chi connectivity index (χ3n) is 4.58. The molecule has 0 saturated carbocycles. The molecule has 0 aliphatic rings. The van der Waals surface area contributed by atoms with E-state index in [9.17, 15) is 14.7 Å². The van der Waals surface area contributed by atoms with Crippen molar-refractivity contribution in [3.63, 3.8) is 0 Å². The topological polar surface area (TPSA) is 80.6 Å². The van der Waals surface area contributed by atoms with Gasteiger partial charge in [-0.1, -0.05) is 41.9 Å². The number of hydrogen-bond donors (Lipinski definition) is 2. The SMILES string of the molecule is CCOCCN/C(=C\C(=O)c1cn(Cc2ccccc2)c2ccc(Cl)cc12)C(=O)O. The standard InChI is InChI=1S/C23H23ClN2O4/c1-2-30-11-10-25-20(23(28)29)13-22(27)19-15-26(14-16-6-4-3-5-7-16)21-9-8-17(24)12-18(19)21/h3-9,12-13,15,25H,2,10-11,14H2,1H3,(H,28,29)/b20-13-. The van der Waals surface area contributed by atoms with Crippen molar-refractivity contribution in [3.05, 3.63) is 82.7 Å². The summed E-state index contributed by atoms with van der Waals surface area (Å²) in [4.78, 5) is 24.5. The van der Waals surface area contributed by atoms with Crippen LogP contribution in [0.25, 0.3) is 10.9 Å². The van der Waals surface area contributed by atoms with Crippen LogP contribution in [0.15, 0.2) is 66.5 Å². The number of nitrogens with one attached hydrogen (secondary N) is 1. The van der Waals surface area contributed by atoms with Gasteiger partial charge in [0.15, 0.2) is 5.78 Å². The lowest BCUT2D eigenvalue weighted by atomic mass is 10.1. The Morgan fingerprint density at radius 3 is 2.67 bits per heavy atom. The molecular formula is C23H23ClN2O4. The summed E-state index contributed by atoms with van der Waals surface area (Å²) in [6.45, 7) is 3.61. The summed E-state index contributed by atoms with van der Waals surface area (Å²) in [6.07, 6.45) is 2.85. The molecule has 2 aromatic carbocycles. The molecule has 0 amide bonds. The fraction of sp³-hybridized carbons (Fsp3) is 0.217. The number of allylic oxidation sites excluding steroid dienone is 1. The second-order valence-corrected chi connectivity index (χ2v) is 7.11. The van der Waals surface area contributed by atoms with Crippen molar-refractivity contribution < 1.29 is 19.4 Å². The first-order chi connectivity index (χ1) is 14.5. The maximum atomic E-state index is 13.0. The van der Waals surface area contributed by atoms with Crippen molar-refractivity contribution >= 4 is 34.3 Å². The van der Waals surface area contributed by atoms with Gasteiger partial charge in [0.25, 0.3) is 0 Å². The zero-order valence-electron chi connectivity index (χ0n) is 16.6. The maximum absolute atomic E-state index is 13.0. The number of ketones is 1. The fourth-order valence-corrected chi connectivity index (χ4v) is 3.35. The van der Waals surface area contributed by atoms with Crippen molar-refractivity contribution in [2.75, 3.05) is 19.8 Å². The number of nitrogens with zero attached hydrogens (tertiary/aromatic N) is 1. The van der Waals surface area contributed by atoms with Crippen LogP contribution in [0, 0.1) is 0 Å². The van der Waals surface area contributed by atoms with Crippen molar-refractivity contribution in [1.29, 1.82) is 0 Å². The van der Waals surface area contributed by atoms with Crippen molar-refractivity contribution in [2.45, 2.75) is 13.5 Å². The van der Waals surface area contributed by atoms with Crippen molar-refractivity contribution in [3.8, 4) is 0 Å². The number of ether oxygens (including phenoxy) is 1. The number of rotatable bonds is 10. The lowest BCUT2D eigenvalue weighted by Crippen LogP contribution is -2.25. The monoisotopic (exact) mass is 426 g/mol. The van der Waals surface area contributed by atoms with Gasteiger partial charge in [0.05, 0.1) is 6.61 Å². The van der Waals surface area contributed by atoms with Crippen LogP contribution in [-0.4, -0.2) is 41.2 Å². The van der Waals surface area contributed by atoms with E-state index in [1.54, 1.807) is 18.3 Å². The molecule has 1 heterocycles. The Morgan fingerprint density at radius 2 is 1.97 bits per heavy atom. The third-order valence-corrected chi connectivity index (χ3v) is 4.81. The molecule has 0 saturated heterocycles. The molecule has 0 aliphatic carbocycles. The Hall–Kier alpha value is -3.09. The third kappa shape index (κ3) is 5.28. The van der Waals surface area contributed by atoms with E-state index in [2.05, 4.69) is 5.32 Å². The van der Waals surface area contributed by atoms with Crippen LogP contribution >= 0.6 is 11.6 Å². The Kier molecular flexibility index (Phi) is 7.27. The summed E-state index contributed by atoms with van der Waals surface area (Å²) in [5.74, 6) is -1.61. The summed E-state index contributed by atoms with van der Waals surface area (Å²) < 4.78 is 7.16. The van der Waals surface area contributed by atoms with Crippen LogP contribution in [0.5, 0.6) is 0 Å². The molecule has 3 rings (SSSR count). The second-order valence-electron chi connectivity index (χ2n) is 6.67. The first-order valence-corrected chi connectivity index (χ1v) is 10.0. The minimum atomic E-state index is -1.20. The fourth-order valence-electron chi connectivity index (χ4n) is 3.18. The first-order valence-electron chi connectivity index (χ1n) is 9.63. The highest BCUT2D eigenvalue weighted by molar-refractivity contribution is 6.31. The predicted molar refractivity (Wildman–Crippen MR) is 117 cm³/mol. The molecule has 0 radical (unpaired) electrons. The number of fused-ring (bicyclic) bond motifs is 1. The Bertz CT molecular complexity index is 1070. The average Bonchev–Trinajstić information content (AvgIpc) is 3.08. The molecule has 2 N–H and O–H groups in total. The Morgan fingerprint density at radius 1 is 1.20 bits per heavy atom. The minimum absolute atomic E-state index is 0.175. The van der Waals surface area contributed by atoms with Gasteiger partial charge in [-0.05, 0) is 30.7 Å². The lowest BCUT2D eigenvalue weighted by molar-refractivity contribution is -0.133. The highest BCUT2D eigenvalue weighted by Gasteiger charge is 2.17. The number of benzene rings is 2. The number of aliphatic carboxylic acids is 1. The van der Waals surface area contributed by atoms with Crippen LogP contribution in [0.4, 0.5) is 0 Å². The van der Waals surface area contributed by atoms with Gasteiger partial charge in [0.2, 0.25) is 0 Å². The van der Waals surface area contributed by atoms with E-state index in [0.717, 1.165) is 17.2 Å². The summed E-state index contributed by atoms with van der Waals surface area (Å²) in [7, 11) is 0. The van der Waals surface area contributed by atoms with Gasteiger partial charge in [-0.25, -0.2) is 4.79 Å². The molecule has 1 aromatic heterocycles. The zero-order valence-corrected chi connectivity index (χ0v) is 17.4. The van der Waals surface area contributed by atoms with Crippen LogP contribution in [0.1, 0.15) is 22.8 Å². The van der Waals surface area contributed by atoms with Gasteiger partial charge in [-0.15, -0.1) is 0 Å². The summed E-state index contributed by atoms with van der Waals surface area (Å²) in [6, 6.07) is 15.2. The molecular weight excluding hydrogens is 404 g/mol. The summed E-state index contributed by atoms with van der Waals surface area (Å²) >= 11 is 6.16. The van der Waals surface area contributed by atoms with Gasteiger partial charge in [0.1, 0.15) is 5.70 Å². The highest BCUT2D eigenvalue weighted by Crippen LogP contribution is 2.26. The minimum Gasteiger partial charge on any atom is -0.477 e. The Labute approximate surface area is 179 Å². The van der Waals surface area contributed by atoms with E-state index in [-0.39, 0.29) is 5.70 Å². The molecule has 0 atom stereocenters. The van der Waals surface area contributed by atoms with Gasteiger partial charge in [0, 0.05) is 53.5 Å². The zero-order chi connectivity index (χ0) is 21.5. The summed E-state index contributed by atoms with van der Waals surface area (Å²) in [5.41, 5.74) is 2.16. The van der Waals surface area contributed by atoms with E-state index < -0.39 is 11.8 Å². The molecule has 0 unspecified atom stereocenters. The molecule has 6 nitrogen and oxygen atoms in total. The van der Waals surface area contributed by atoms with Gasteiger partial charge in [-0.2, -0.15) is 0 Å². The molecule has 0 spiro atoms. The van der Waals surface area contributed by atoms with Crippen LogP contribution in [0.3, 0.4) is 0 Å². The summed E-state index contributed by atoms with van der Waals surface area (Å²) in [5, 5.41) is 13.4. The number of hydrogen-bond acceptors (Lipinski definition) is 4. The van der Waals surface area contributed by atoms with Crippen LogP contribution in [-0.2, 0) is 16.1 Å². The molecule has 0 fully saturated rings. The number of halogens is 1. The van der Waals surface area contributed by atoms with E-state index in [1.807, 2.05) is 47.9 Å². The lowest BCUT2D eigenvalue weighted by Gasteiger charge is -2.06. The average molecular weight is 427 g/mol. The number of carbonyl (C=O) groups excluding carboxylic acids is 1. The van der Waals surface area contributed by atoms with Gasteiger partial charge in [-0.3, -0.25) is 4.79 Å². The van der Waals surface area contributed by atoms with Crippen molar-refractivity contribution in [1.82, 2.24) is 9.88 Å². The van der Waals surface area contributed by atoms with Gasteiger partial charge >= 0.3 is 5.97 Å². The van der Waals surface area contributed by atoms with E-state index in [4.69, 9.17) is 16.3 Å². The Balaban J connectivity index is 1.94. The predicted octanol–water partition coefficient (Wildman–Crippen LogP) is 4.12. The molecule has 3 aromatic rings. The van der Waals surface area contributed by atoms with Crippen LogP contribution in [0.2, 0.25) is 5.02 Å².